The lowest BCUT2D eigenvalue weighted by Crippen LogP contribution is -2.42. The van der Waals surface area contributed by atoms with Crippen LogP contribution in [0.5, 0.6) is 0 Å². The van der Waals surface area contributed by atoms with Gasteiger partial charge in [-0.15, -0.1) is 0 Å². The van der Waals surface area contributed by atoms with E-state index in [0.717, 1.165) is 0 Å². The smallest absolute Gasteiger partial charge is 0.278 e. The molecule has 1 aromatic heterocycles. The first-order chi connectivity index (χ1) is 10.2. The molecule has 0 unspecified atom stereocenters. The molecule has 5 nitrogen and oxygen atoms in total. The Hall–Kier alpha value is -1.67. The van der Waals surface area contributed by atoms with Crippen LogP contribution in [0.2, 0.25) is 0 Å². The van der Waals surface area contributed by atoms with Gasteiger partial charge >= 0.3 is 0 Å². The van der Waals surface area contributed by atoms with Crippen molar-refractivity contribution in [1.29, 1.82) is 0 Å². The molecular formula is C13H15F4N3O2. The molecule has 22 heavy (non-hydrogen) atoms. The lowest BCUT2D eigenvalue weighted by molar-refractivity contribution is -0.0491. The summed E-state index contributed by atoms with van der Waals surface area (Å²) in [4.78, 5) is 13.6. The Morgan fingerprint density at radius 3 is 2.36 bits per heavy atom. The molecule has 2 fully saturated rings. The lowest BCUT2D eigenvalue weighted by atomic mass is 9.91. The van der Waals surface area contributed by atoms with E-state index in [-0.39, 0.29) is 49.5 Å². The molecule has 9 heteroatoms. The second kappa shape index (κ2) is 4.92. The van der Waals surface area contributed by atoms with Gasteiger partial charge in [0.05, 0.1) is 5.92 Å². The zero-order chi connectivity index (χ0) is 16.1. The SMILES string of the molecule is CN(C(=O)c1nonc1[C@H]1CC1(F)F)C1CCC(F)(F)CC1. The Morgan fingerprint density at radius 2 is 1.82 bits per heavy atom. The Labute approximate surface area is 123 Å². The second-order valence-corrected chi connectivity index (χ2v) is 6.02. The van der Waals surface area contributed by atoms with Crippen LogP contribution in [-0.2, 0) is 0 Å². The van der Waals surface area contributed by atoms with Gasteiger partial charge in [0.15, 0.2) is 5.69 Å². The van der Waals surface area contributed by atoms with Crippen molar-refractivity contribution in [3.05, 3.63) is 11.4 Å². The summed E-state index contributed by atoms with van der Waals surface area (Å²) in [5, 5.41) is 6.84. The Kier molecular flexibility index (Phi) is 3.41. The predicted octanol–water partition coefficient (Wildman–Crippen LogP) is 2.84. The van der Waals surface area contributed by atoms with Crippen molar-refractivity contribution in [2.24, 2.45) is 0 Å². The van der Waals surface area contributed by atoms with Gasteiger partial charge in [-0.3, -0.25) is 4.79 Å². The largest absolute Gasteiger partial charge is 0.337 e. The Bertz CT molecular complexity index is 580. The van der Waals surface area contributed by atoms with Gasteiger partial charge in [0.1, 0.15) is 5.69 Å². The summed E-state index contributed by atoms with van der Waals surface area (Å²) >= 11 is 0. The zero-order valence-electron chi connectivity index (χ0n) is 11.9. The quantitative estimate of drug-likeness (QED) is 0.803. The van der Waals surface area contributed by atoms with E-state index in [4.69, 9.17) is 0 Å². The maximum Gasteiger partial charge on any atom is 0.278 e. The van der Waals surface area contributed by atoms with Gasteiger partial charge in [0, 0.05) is 32.4 Å². The third kappa shape index (κ3) is 2.68. The van der Waals surface area contributed by atoms with Crippen LogP contribution in [0, 0.1) is 0 Å². The number of carbonyl (C=O) groups excluding carboxylic acids is 1. The van der Waals surface area contributed by atoms with Gasteiger partial charge in [-0.05, 0) is 18.0 Å². The number of nitrogens with zero attached hydrogens (tertiary/aromatic N) is 3. The minimum atomic E-state index is -2.89. The molecule has 0 radical (unpaired) electrons. The standard InChI is InChI=1S/C13H15F4N3O2/c1-20(7-2-4-12(14,15)5-3-7)11(21)10-9(18-22-19-10)8-6-13(8,16)17/h7-8H,2-6H2,1H3/t8-/m1/s1. The van der Waals surface area contributed by atoms with Crippen molar-refractivity contribution in [2.45, 2.75) is 55.9 Å². The molecular weight excluding hydrogens is 306 g/mol. The van der Waals surface area contributed by atoms with Crippen LogP contribution in [0.3, 0.4) is 0 Å². The third-order valence-corrected chi connectivity index (χ3v) is 4.43. The van der Waals surface area contributed by atoms with E-state index in [1.165, 1.54) is 11.9 Å². The van der Waals surface area contributed by atoms with Gasteiger partial charge in [0.2, 0.25) is 5.92 Å². The van der Waals surface area contributed by atoms with E-state index in [1.54, 1.807) is 0 Å². The summed E-state index contributed by atoms with van der Waals surface area (Å²) in [6, 6.07) is -0.364. The van der Waals surface area contributed by atoms with Crippen molar-refractivity contribution in [1.82, 2.24) is 15.2 Å². The molecule has 0 aliphatic heterocycles. The topological polar surface area (TPSA) is 59.2 Å². The molecule has 1 atom stereocenters. The minimum absolute atomic E-state index is 0.150. The molecule has 122 valence electrons. The van der Waals surface area contributed by atoms with Gasteiger partial charge in [0.25, 0.3) is 11.8 Å². The predicted molar refractivity (Wildman–Crippen MR) is 65.9 cm³/mol. The Morgan fingerprint density at radius 1 is 1.23 bits per heavy atom. The van der Waals surface area contributed by atoms with Gasteiger partial charge in [-0.1, -0.05) is 5.16 Å². The number of amides is 1. The van der Waals surface area contributed by atoms with E-state index in [2.05, 4.69) is 14.9 Å². The highest BCUT2D eigenvalue weighted by Crippen LogP contribution is 2.55. The lowest BCUT2D eigenvalue weighted by Gasteiger charge is -2.34. The molecule has 0 bridgehead atoms. The third-order valence-electron chi connectivity index (χ3n) is 4.43. The molecule has 2 aliphatic rings. The molecule has 0 saturated heterocycles. The highest BCUT2D eigenvalue weighted by atomic mass is 19.3. The summed E-state index contributed by atoms with van der Waals surface area (Å²) in [6.45, 7) is 0. The second-order valence-electron chi connectivity index (χ2n) is 6.02. The average molecular weight is 321 g/mol. The maximum absolute atomic E-state index is 13.2. The number of carbonyl (C=O) groups is 1. The highest BCUT2D eigenvalue weighted by Gasteiger charge is 2.61. The molecule has 0 spiro atoms. The number of rotatable bonds is 3. The van der Waals surface area contributed by atoms with Crippen LogP contribution in [0.1, 0.15) is 54.2 Å². The first kappa shape index (κ1) is 15.2. The number of alkyl halides is 4. The van der Waals surface area contributed by atoms with Crippen molar-refractivity contribution in [3.63, 3.8) is 0 Å². The van der Waals surface area contributed by atoms with E-state index in [9.17, 15) is 22.4 Å². The fraction of sp³-hybridized carbons (Fsp3) is 0.769. The molecule has 1 aromatic rings. The van der Waals surface area contributed by atoms with Gasteiger partial charge in [-0.2, -0.15) is 0 Å². The summed E-state index contributed by atoms with van der Waals surface area (Å²) in [5.74, 6) is -7.35. The van der Waals surface area contributed by atoms with Crippen LogP contribution >= 0.6 is 0 Å². The van der Waals surface area contributed by atoms with Crippen LogP contribution in [0.15, 0.2) is 4.63 Å². The van der Waals surface area contributed by atoms with Crippen molar-refractivity contribution in [2.75, 3.05) is 7.05 Å². The summed E-state index contributed by atoms with van der Waals surface area (Å²) < 4.78 is 57.0. The molecule has 3 rings (SSSR count). The fourth-order valence-electron chi connectivity index (χ4n) is 2.83. The Balaban J connectivity index is 1.71. The zero-order valence-corrected chi connectivity index (χ0v) is 11.9. The summed E-state index contributed by atoms with van der Waals surface area (Å²) in [5.41, 5.74) is -0.398. The van der Waals surface area contributed by atoms with Gasteiger partial charge < -0.3 is 4.90 Å². The monoisotopic (exact) mass is 321 g/mol. The summed E-state index contributed by atoms with van der Waals surface area (Å²) in [6.07, 6.45) is -0.647. The minimum Gasteiger partial charge on any atom is -0.337 e. The maximum atomic E-state index is 13.2. The molecule has 0 N–H and O–H groups in total. The molecule has 1 heterocycles. The number of hydrogen-bond donors (Lipinski definition) is 0. The number of aromatic nitrogens is 2. The van der Waals surface area contributed by atoms with Crippen LogP contribution in [0.25, 0.3) is 0 Å². The van der Waals surface area contributed by atoms with Crippen LogP contribution in [0.4, 0.5) is 17.6 Å². The van der Waals surface area contributed by atoms with Gasteiger partial charge in [-0.25, -0.2) is 22.2 Å². The van der Waals surface area contributed by atoms with Crippen molar-refractivity contribution in [3.8, 4) is 0 Å². The summed E-state index contributed by atoms with van der Waals surface area (Å²) in [7, 11) is 1.46. The fourth-order valence-corrected chi connectivity index (χ4v) is 2.83. The van der Waals surface area contributed by atoms with E-state index in [1.807, 2.05) is 0 Å². The van der Waals surface area contributed by atoms with Crippen molar-refractivity contribution < 1.29 is 27.0 Å². The number of halogens is 4. The van der Waals surface area contributed by atoms with E-state index >= 15 is 0 Å². The molecule has 1 amide bonds. The van der Waals surface area contributed by atoms with E-state index in [0.29, 0.717) is 0 Å². The van der Waals surface area contributed by atoms with E-state index < -0.39 is 23.7 Å². The molecule has 2 aliphatic carbocycles. The van der Waals surface area contributed by atoms with Crippen LogP contribution < -0.4 is 0 Å². The average Bonchev–Trinajstić information content (AvgIpc) is 2.88. The van der Waals surface area contributed by atoms with Crippen molar-refractivity contribution >= 4 is 5.91 Å². The van der Waals surface area contributed by atoms with Crippen LogP contribution in [-0.4, -0.2) is 46.1 Å². The molecule has 0 aromatic carbocycles. The molecule has 2 saturated carbocycles. The first-order valence-corrected chi connectivity index (χ1v) is 7.06. The first-order valence-electron chi connectivity index (χ1n) is 7.06. The number of hydrogen-bond acceptors (Lipinski definition) is 4. The normalized spacial score (nSPS) is 26.7. The highest BCUT2D eigenvalue weighted by molar-refractivity contribution is 5.93.